The van der Waals surface area contributed by atoms with Crippen molar-refractivity contribution < 1.29 is 9.18 Å². The van der Waals surface area contributed by atoms with Crippen LogP contribution in [0, 0.1) is 15.3 Å². The normalized spacial score (nSPS) is 16.6. The van der Waals surface area contributed by atoms with Gasteiger partial charge in [-0.3, -0.25) is 4.79 Å². The minimum absolute atomic E-state index is 0.0480. The molecule has 0 aliphatic heterocycles. The van der Waals surface area contributed by atoms with E-state index in [1.165, 1.54) is 12.1 Å². The zero-order valence-electron chi connectivity index (χ0n) is 9.25. The molecular formula is C12H14FIN2O. The molecule has 3 N–H and O–H groups in total. The van der Waals surface area contributed by atoms with Crippen LogP contribution in [0.2, 0.25) is 0 Å². The molecule has 1 atom stereocenters. The second-order valence-corrected chi connectivity index (χ2v) is 5.54. The van der Waals surface area contributed by atoms with Gasteiger partial charge < -0.3 is 11.1 Å². The molecule has 1 fully saturated rings. The van der Waals surface area contributed by atoms with Crippen molar-refractivity contribution in [2.45, 2.75) is 25.3 Å². The maximum atomic E-state index is 12.9. The number of nitrogens with two attached hydrogens (primary N) is 1. The molecule has 0 radical (unpaired) electrons. The van der Waals surface area contributed by atoms with Crippen LogP contribution >= 0.6 is 22.6 Å². The fraction of sp³-hybridized carbons (Fsp3) is 0.417. The quantitative estimate of drug-likeness (QED) is 0.822. The molecule has 0 bridgehead atoms. The molecule has 1 unspecified atom stereocenters. The van der Waals surface area contributed by atoms with Crippen molar-refractivity contribution >= 4 is 34.2 Å². The lowest BCUT2D eigenvalue weighted by Crippen LogP contribution is -2.29. The smallest absolute Gasteiger partial charge is 0.225 e. The summed E-state index contributed by atoms with van der Waals surface area (Å²) in [6.07, 6.45) is 2.59. The third kappa shape index (κ3) is 3.64. The molecule has 0 aromatic heterocycles. The van der Waals surface area contributed by atoms with Crippen LogP contribution in [-0.2, 0) is 4.79 Å². The highest BCUT2D eigenvalue weighted by molar-refractivity contribution is 14.1. The van der Waals surface area contributed by atoms with Crippen LogP contribution in [0.15, 0.2) is 18.2 Å². The van der Waals surface area contributed by atoms with Crippen molar-refractivity contribution in [3.63, 3.8) is 0 Å². The molecule has 1 saturated carbocycles. The van der Waals surface area contributed by atoms with E-state index in [0.717, 1.165) is 12.8 Å². The zero-order chi connectivity index (χ0) is 12.4. The van der Waals surface area contributed by atoms with Gasteiger partial charge in [0.25, 0.3) is 0 Å². The summed E-state index contributed by atoms with van der Waals surface area (Å²) in [5.41, 5.74) is 6.51. The molecule has 0 saturated heterocycles. The van der Waals surface area contributed by atoms with Gasteiger partial charge in [0.1, 0.15) is 5.82 Å². The lowest BCUT2D eigenvalue weighted by atomic mass is 10.1. The molecule has 0 spiro atoms. The van der Waals surface area contributed by atoms with Gasteiger partial charge >= 0.3 is 0 Å². The summed E-state index contributed by atoms with van der Waals surface area (Å²) in [5, 5.41) is 2.76. The molecule has 1 aromatic rings. The van der Waals surface area contributed by atoms with Gasteiger partial charge in [-0.05, 0) is 59.5 Å². The van der Waals surface area contributed by atoms with Crippen molar-refractivity contribution in [1.82, 2.24) is 0 Å². The average molecular weight is 348 g/mol. The van der Waals surface area contributed by atoms with E-state index in [9.17, 15) is 9.18 Å². The molecule has 1 aromatic carbocycles. The molecule has 5 heteroatoms. The van der Waals surface area contributed by atoms with Crippen LogP contribution in [0.25, 0.3) is 0 Å². The number of amides is 1. The van der Waals surface area contributed by atoms with Crippen LogP contribution in [0.3, 0.4) is 0 Å². The van der Waals surface area contributed by atoms with Gasteiger partial charge in [-0.2, -0.15) is 0 Å². The molecular weight excluding hydrogens is 334 g/mol. The molecule has 0 heterocycles. The Kier molecular flexibility index (Phi) is 3.98. The predicted octanol–water partition coefficient (Wildman–Crippen LogP) is 2.50. The second kappa shape index (κ2) is 5.30. The third-order valence-corrected chi connectivity index (χ3v) is 3.75. The highest BCUT2D eigenvalue weighted by atomic mass is 127. The fourth-order valence-electron chi connectivity index (χ4n) is 1.70. The van der Waals surface area contributed by atoms with E-state index in [2.05, 4.69) is 5.32 Å². The number of carbonyl (C=O) groups excluding carboxylic acids is 1. The summed E-state index contributed by atoms with van der Waals surface area (Å²) in [5.74, 6) is 0.101. The van der Waals surface area contributed by atoms with Gasteiger partial charge in [-0.15, -0.1) is 0 Å². The minimum Gasteiger partial charge on any atom is -0.327 e. The van der Waals surface area contributed by atoms with Gasteiger partial charge in [0.05, 0.1) is 5.69 Å². The maximum Gasteiger partial charge on any atom is 0.225 e. The lowest BCUT2D eigenvalue weighted by molar-refractivity contribution is -0.116. The number of rotatable bonds is 4. The Morgan fingerprint density at radius 1 is 1.59 bits per heavy atom. The molecule has 1 amide bonds. The number of halogens is 2. The first-order valence-corrected chi connectivity index (χ1v) is 6.64. The van der Waals surface area contributed by atoms with Crippen LogP contribution < -0.4 is 11.1 Å². The van der Waals surface area contributed by atoms with E-state index < -0.39 is 0 Å². The molecule has 1 aliphatic carbocycles. The van der Waals surface area contributed by atoms with Crippen molar-refractivity contribution in [2.24, 2.45) is 11.7 Å². The Morgan fingerprint density at radius 3 is 2.88 bits per heavy atom. The van der Waals surface area contributed by atoms with E-state index in [-0.39, 0.29) is 17.8 Å². The molecule has 1 aliphatic rings. The predicted molar refractivity (Wildman–Crippen MR) is 73.1 cm³/mol. The van der Waals surface area contributed by atoms with E-state index in [0.29, 0.717) is 21.6 Å². The topological polar surface area (TPSA) is 55.1 Å². The number of benzene rings is 1. The van der Waals surface area contributed by atoms with E-state index >= 15 is 0 Å². The Balaban J connectivity index is 1.92. The van der Waals surface area contributed by atoms with Gasteiger partial charge in [-0.1, -0.05) is 0 Å². The standard InChI is InChI=1S/C12H14FIN2O/c13-8-3-4-11(9(14)5-8)16-12(17)6-10(15)7-1-2-7/h3-5,7,10H,1-2,6,15H2,(H,16,17). The Bertz CT molecular complexity index is 435. The summed E-state index contributed by atoms with van der Waals surface area (Å²) in [6, 6.07) is 4.24. The Hall–Kier alpha value is -0.690. The number of hydrogen-bond donors (Lipinski definition) is 2. The summed E-state index contributed by atoms with van der Waals surface area (Å²) >= 11 is 1.99. The molecule has 2 rings (SSSR count). The third-order valence-electron chi connectivity index (χ3n) is 2.85. The van der Waals surface area contributed by atoms with E-state index in [4.69, 9.17) is 5.73 Å². The van der Waals surface area contributed by atoms with Crippen molar-refractivity contribution in [2.75, 3.05) is 5.32 Å². The minimum atomic E-state index is -0.304. The number of anilines is 1. The maximum absolute atomic E-state index is 12.9. The first-order chi connectivity index (χ1) is 8.06. The van der Waals surface area contributed by atoms with Gasteiger partial charge in [0.2, 0.25) is 5.91 Å². The Labute approximate surface area is 113 Å². The van der Waals surface area contributed by atoms with Crippen molar-refractivity contribution in [3.8, 4) is 0 Å². The van der Waals surface area contributed by atoms with Crippen LogP contribution in [0.4, 0.5) is 10.1 Å². The summed E-state index contributed by atoms with van der Waals surface area (Å²) in [7, 11) is 0. The molecule has 92 valence electrons. The fourth-order valence-corrected chi connectivity index (χ4v) is 2.31. The van der Waals surface area contributed by atoms with Crippen LogP contribution in [0.1, 0.15) is 19.3 Å². The zero-order valence-corrected chi connectivity index (χ0v) is 11.4. The van der Waals surface area contributed by atoms with Gasteiger partial charge in [0, 0.05) is 16.0 Å². The highest BCUT2D eigenvalue weighted by Gasteiger charge is 2.29. The van der Waals surface area contributed by atoms with Gasteiger partial charge in [-0.25, -0.2) is 4.39 Å². The van der Waals surface area contributed by atoms with E-state index in [1.807, 2.05) is 22.6 Å². The second-order valence-electron chi connectivity index (χ2n) is 4.38. The molecule has 17 heavy (non-hydrogen) atoms. The van der Waals surface area contributed by atoms with Crippen LogP contribution in [0.5, 0.6) is 0 Å². The number of carbonyl (C=O) groups is 1. The lowest BCUT2D eigenvalue weighted by Gasteiger charge is -2.11. The summed E-state index contributed by atoms with van der Waals surface area (Å²) in [4.78, 5) is 11.7. The highest BCUT2D eigenvalue weighted by Crippen LogP contribution is 2.33. The average Bonchev–Trinajstić information content (AvgIpc) is 3.05. The first-order valence-electron chi connectivity index (χ1n) is 5.57. The number of nitrogens with one attached hydrogen (secondary N) is 1. The van der Waals surface area contributed by atoms with Gasteiger partial charge in [0.15, 0.2) is 0 Å². The largest absolute Gasteiger partial charge is 0.327 e. The summed E-state index contributed by atoms with van der Waals surface area (Å²) < 4.78 is 13.6. The Morgan fingerprint density at radius 2 is 2.29 bits per heavy atom. The van der Waals surface area contributed by atoms with Crippen LogP contribution in [-0.4, -0.2) is 11.9 Å². The number of hydrogen-bond acceptors (Lipinski definition) is 2. The van der Waals surface area contributed by atoms with Crippen molar-refractivity contribution in [3.05, 3.63) is 27.6 Å². The van der Waals surface area contributed by atoms with E-state index in [1.54, 1.807) is 6.07 Å². The van der Waals surface area contributed by atoms with Crippen molar-refractivity contribution in [1.29, 1.82) is 0 Å². The monoisotopic (exact) mass is 348 g/mol. The first kappa shape index (κ1) is 12.8. The SMILES string of the molecule is NC(CC(=O)Nc1ccc(F)cc1I)C1CC1. The molecule has 3 nitrogen and oxygen atoms in total. The summed E-state index contributed by atoms with van der Waals surface area (Å²) in [6.45, 7) is 0.